The zero-order chi connectivity index (χ0) is 11.5. The van der Waals surface area contributed by atoms with Crippen molar-refractivity contribution in [2.45, 2.75) is 18.9 Å². The summed E-state index contributed by atoms with van der Waals surface area (Å²) < 4.78 is 0.667. The Hall–Kier alpha value is -1.36. The van der Waals surface area contributed by atoms with Gasteiger partial charge in [-0.2, -0.15) is 0 Å². The zero-order valence-electron chi connectivity index (χ0n) is 8.48. The van der Waals surface area contributed by atoms with Gasteiger partial charge in [0.1, 0.15) is 11.4 Å². The Morgan fingerprint density at radius 2 is 2.19 bits per heavy atom. The maximum Gasteiger partial charge on any atom is 0.339 e. The van der Waals surface area contributed by atoms with E-state index < -0.39 is 5.97 Å². The highest BCUT2D eigenvalue weighted by Gasteiger charge is 2.16. The summed E-state index contributed by atoms with van der Waals surface area (Å²) in [6.07, 6.45) is 7.58. The number of aromatic nitrogens is 1. The average molecular weight is 283 g/mol. The standard InChI is InChI=1S/C11H11BrN2O2/c12-7-5-9(11(15)16)10(13-6-7)14-8-3-1-2-4-8/h1-2,5-6,8H,3-4H2,(H,13,14)(H,15,16). The lowest BCUT2D eigenvalue weighted by Crippen LogP contribution is -2.18. The first-order chi connectivity index (χ1) is 7.66. The normalized spacial score (nSPS) is 15.3. The van der Waals surface area contributed by atoms with Crippen molar-refractivity contribution in [1.29, 1.82) is 0 Å². The molecule has 1 aromatic rings. The van der Waals surface area contributed by atoms with Crippen molar-refractivity contribution in [3.05, 3.63) is 34.5 Å². The van der Waals surface area contributed by atoms with E-state index in [2.05, 4.69) is 38.4 Å². The van der Waals surface area contributed by atoms with Crippen molar-refractivity contribution >= 4 is 27.7 Å². The Bertz CT molecular complexity index is 438. The lowest BCUT2D eigenvalue weighted by molar-refractivity contribution is 0.0697. The van der Waals surface area contributed by atoms with Crippen LogP contribution < -0.4 is 5.32 Å². The summed E-state index contributed by atoms with van der Waals surface area (Å²) in [5, 5.41) is 12.2. The van der Waals surface area contributed by atoms with Crippen LogP contribution in [0.1, 0.15) is 23.2 Å². The molecule has 1 aliphatic rings. The highest BCUT2D eigenvalue weighted by molar-refractivity contribution is 9.10. The minimum absolute atomic E-state index is 0.196. The van der Waals surface area contributed by atoms with Crippen LogP contribution in [0.4, 0.5) is 5.82 Å². The third kappa shape index (κ3) is 2.41. The Balaban J connectivity index is 2.22. The molecule has 0 fully saturated rings. The molecule has 2 rings (SSSR count). The first-order valence-electron chi connectivity index (χ1n) is 4.97. The van der Waals surface area contributed by atoms with Crippen LogP contribution in [0.25, 0.3) is 0 Å². The van der Waals surface area contributed by atoms with Gasteiger partial charge in [-0.3, -0.25) is 0 Å². The maximum atomic E-state index is 11.0. The highest BCUT2D eigenvalue weighted by Crippen LogP contribution is 2.21. The van der Waals surface area contributed by atoms with Gasteiger partial charge >= 0.3 is 5.97 Å². The number of nitrogens with one attached hydrogen (secondary N) is 1. The van der Waals surface area contributed by atoms with Gasteiger partial charge in [-0.1, -0.05) is 12.2 Å². The summed E-state index contributed by atoms with van der Waals surface area (Å²) in [4.78, 5) is 15.1. The number of carboxylic acid groups (broad SMARTS) is 1. The first-order valence-corrected chi connectivity index (χ1v) is 5.76. The molecule has 1 heterocycles. The minimum Gasteiger partial charge on any atom is -0.478 e. The van der Waals surface area contributed by atoms with Gasteiger partial charge in [0.25, 0.3) is 0 Å². The molecule has 0 unspecified atom stereocenters. The largest absolute Gasteiger partial charge is 0.478 e. The fourth-order valence-electron chi connectivity index (χ4n) is 1.65. The number of anilines is 1. The van der Waals surface area contributed by atoms with Gasteiger partial charge in [0, 0.05) is 16.7 Å². The number of hydrogen-bond donors (Lipinski definition) is 2. The van der Waals surface area contributed by atoms with Gasteiger partial charge in [0.2, 0.25) is 0 Å². The fourth-order valence-corrected chi connectivity index (χ4v) is 1.98. The minimum atomic E-state index is -0.970. The van der Waals surface area contributed by atoms with E-state index in [9.17, 15) is 4.79 Å². The van der Waals surface area contributed by atoms with Crippen LogP contribution in [0.2, 0.25) is 0 Å². The molecule has 0 aliphatic heterocycles. The molecule has 0 spiro atoms. The molecule has 5 heteroatoms. The van der Waals surface area contributed by atoms with Crippen LogP contribution in [-0.4, -0.2) is 22.1 Å². The van der Waals surface area contributed by atoms with E-state index in [0.717, 1.165) is 12.8 Å². The summed E-state index contributed by atoms with van der Waals surface area (Å²) >= 11 is 3.21. The molecular weight excluding hydrogens is 272 g/mol. The average Bonchev–Trinajstić information content (AvgIpc) is 2.73. The Morgan fingerprint density at radius 3 is 2.81 bits per heavy atom. The van der Waals surface area contributed by atoms with E-state index >= 15 is 0 Å². The fraction of sp³-hybridized carbons (Fsp3) is 0.273. The van der Waals surface area contributed by atoms with Gasteiger partial charge < -0.3 is 10.4 Å². The van der Waals surface area contributed by atoms with Crippen molar-refractivity contribution in [2.24, 2.45) is 0 Å². The zero-order valence-corrected chi connectivity index (χ0v) is 10.1. The number of carboxylic acids is 1. The number of halogens is 1. The Kier molecular flexibility index (Phi) is 3.24. The van der Waals surface area contributed by atoms with Gasteiger partial charge in [-0.15, -0.1) is 0 Å². The van der Waals surface area contributed by atoms with Gasteiger partial charge in [-0.25, -0.2) is 9.78 Å². The summed E-state index contributed by atoms with van der Waals surface area (Å²) in [5.41, 5.74) is 0.196. The van der Waals surface area contributed by atoms with Crippen molar-refractivity contribution < 1.29 is 9.90 Å². The quantitative estimate of drug-likeness (QED) is 0.837. The number of aromatic carboxylic acids is 1. The summed E-state index contributed by atoms with van der Waals surface area (Å²) in [5.74, 6) is -0.536. The van der Waals surface area contributed by atoms with Crippen LogP contribution in [0, 0.1) is 0 Å². The van der Waals surface area contributed by atoms with Crippen LogP contribution in [0.5, 0.6) is 0 Å². The third-order valence-electron chi connectivity index (χ3n) is 2.43. The molecule has 0 aromatic carbocycles. The van der Waals surface area contributed by atoms with E-state index in [1.165, 1.54) is 0 Å². The number of hydrogen-bond acceptors (Lipinski definition) is 3. The molecule has 1 aliphatic carbocycles. The smallest absolute Gasteiger partial charge is 0.339 e. The number of pyridine rings is 1. The second kappa shape index (κ2) is 4.65. The van der Waals surface area contributed by atoms with Crippen molar-refractivity contribution in [2.75, 3.05) is 5.32 Å². The Morgan fingerprint density at radius 1 is 1.50 bits per heavy atom. The molecule has 0 saturated heterocycles. The van der Waals surface area contributed by atoms with Gasteiger partial charge in [-0.05, 0) is 34.8 Å². The molecule has 4 nitrogen and oxygen atoms in total. The molecule has 0 atom stereocenters. The monoisotopic (exact) mass is 282 g/mol. The molecule has 1 aromatic heterocycles. The van der Waals surface area contributed by atoms with Gasteiger partial charge in [0.15, 0.2) is 0 Å². The lowest BCUT2D eigenvalue weighted by atomic mass is 10.2. The van der Waals surface area contributed by atoms with E-state index in [1.807, 2.05) is 0 Å². The van der Waals surface area contributed by atoms with Crippen LogP contribution in [0.15, 0.2) is 28.9 Å². The lowest BCUT2D eigenvalue weighted by Gasteiger charge is -2.14. The summed E-state index contributed by atoms with van der Waals surface area (Å²) in [6, 6.07) is 1.81. The number of nitrogens with zero attached hydrogens (tertiary/aromatic N) is 1. The van der Waals surface area contributed by atoms with E-state index in [1.54, 1.807) is 12.3 Å². The van der Waals surface area contributed by atoms with Crippen molar-refractivity contribution in [3.8, 4) is 0 Å². The molecule has 2 N–H and O–H groups in total. The maximum absolute atomic E-state index is 11.0. The summed E-state index contributed by atoms with van der Waals surface area (Å²) in [7, 11) is 0. The first kappa shape index (κ1) is 11.1. The molecule has 16 heavy (non-hydrogen) atoms. The predicted molar refractivity (Wildman–Crippen MR) is 64.7 cm³/mol. The summed E-state index contributed by atoms with van der Waals surface area (Å²) in [6.45, 7) is 0. The topological polar surface area (TPSA) is 62.2 Å². The van der Waals surface area contributed by atoms with Crippen molar-refractivity contribution in [3.63, 3.8) is 0 Å². The highest BCUT2D eigenvalue weighted by atomic mass is 79.9. The SMILES string of the molecule is O=C(O)c1cc(Br)cnc1NC1CC=CC1. The van der Waals surface area contributed by atoms with E-state index in [0.29, 0.717) is 10.3 Å². The van der Waals surface area contributed by atoms with Gasteiger partial charge in [0.05, 0.1) is 0 Å². The van der Waals surface area contributed by atoms with Crippen LogP contribution in [-0.2, 0) is 0 Å². The molecule has 0 amide bonds. The molecule has 0 bridgehead atoms. The third-order valence-corrected chi connectivity index (χ3v) is 2.87. The number of rotatable bonds is 3. The van der Waals surface area contributed by atoms with Crippen LogP contribution >= 0.6 is 15.9 Å². The second-order valence-electron chi connectivity index (χ2n) is 3.64. The molecular formula is C11H11BrN2O2. The number of carbonyl (C=O) groups is 1. The van der Waals surface area contributed by atoms with Crippen molar-refractivity contribution in [1.82, 2.24) is 4.98 Å². The van der Waals surface area contributed by atoms with E-state index in [-0.39, 0.29) is 11.6 Å². The van der Waals surface area contributed by atoms with E-state index in [4.69, 9.17) is 5.11 Å². The second-order valence-corrected chi connectivity index (χ2v) is 4.55. The Labute approximate surface area is 102 Å². The molecule has 84 valence electrons. The molecule has 0 saturated carbocycles. The van der Waals surface area contributed by atoms with Crippen LogP contribution in [0.3, 0.4) is 0 Å². The predicted octanol–water partition coefficient (Wildman–Crippen LogP) is 2.67. The molecule has 0 radical (unpaired) electrons.